The fraction of sp³-hybridized carbons (Fsp3) is 0.250. The highest BCUT2D eigenvalue weighted by Gasteiger charge is 2.34. The van der Waals surface area contributed by atoms with Gasteiger partial charge in [-0.05, 0) is 32.4 Å². The minimum absolute atomic E-state index is 0.114. The number of hydrogen-bond acceptors (Lipinski definition) is 3. The second kappa shape index (κ2) is 5.56. The van der Waals surface area contributed by atoms with Crippen LogP contribution in [-0.4, -0.2) is 21.4 Å². The molecule has 134 valence electrons. The predicted molar refractivity (Wildman–Crippen MR) is 99.0 cm³/mol. The lowest BCUT2D eigenvalue weighted by molar-refractivity contribution is 0.316. The van der Waals surface area contributed by atoms with Gasteiger partial charge in [0.1, 0.15) is 11.6 Å². The van der Waals surface area contributed by atoms with Crippen molar-refractivity contribution in [3.63, 3.8) is 0 Å². The van der Waals surface area contributed by atoms with E-state index in [4.69, 9.17) is 0 Å². The van der Waals surface area contributed by atoms with E-state index in [9.17, 15) is 9.60 Å². The Balaban J connectivity index is 2.03. The summed E-state index contributed by atoms with van der Waals surface area (Å²) in [6.45, 7) is 5.70. The average molecular weight is 355 g/mol. The Hall–Kier alpha value is -2.89. The summed E-state index contributed by atoms with van der Waals surface area (Å²) in [7, 11) is 0. The highest BCUT2D eigenvalue weighted by molar-refractivity contribution is 6.09. The monoisotopic (exact) mass is 355 g/mol. The molecule has 4 rings (SSSR count). The van der Waals surface area contributed by atoms with E-state index >= 15 is 4.39 Å². The smallest absolute Gasteiger partial charge is 0.145 e. The van der Waals surface area contributed by atoms with E-state index in [1.807, 2.05) is 33.0 Å². The lowest BCUT2D eigenvalue weighted by atomic mass is 9.85. The van der Waals surface area contributed by atoms with Crippen LogP contribution in [0.3, 0.4) is 0 Å². The molecule has 0 saturated carbocycles. The minimum Gasteiger partial charge on any atom is -0.411 e. The topological polar surface area (TPSA) is 60.4 Å². The molecule has 1 aromatic heterocycles. The van der Waals surface area contributed by atoms with Gasteiger partial charge in [-0.1, -0.05) is 23.4 Å². The maximum absolute atomic E-state index is 15.4. The largest absolute Gasteiger partial charge is 0.411 e. The van der Waals surface area contributed by atoms with Crippen molar-refractivity contribution in [1.82, 2.24) is 4.98 Å². The van der Waals surface area contributed by atoms with Crippen molar-refractivity contribution in [2.24, 2.45) is 5.16 Å². The van der Waals surface area contributed by atoms with Gasteiger partial charge in [0.2, 0.25) is 0 Å². The molecule has 0 radical (unpaired) electrons. The number of hydrogen-bond donors (Lipinski definition) is 3. The van der Waals surface area contributed by atoms with E-state index in [0.717, 1.165) is 10.9 Å². The van der Waals surface area contributed by atoms with Crippen molar-refractivity contribution >= 4 is 22.3 Å². The van der Waals surface area contributed by atoms with E-state index in [0.29, 0.717) is 23.2 Å². The first kappa shape index (κ1) is 16.6. The molecule has 0 spiro atoms. The van der Waals surface area contributed by atoms with Gasteiger partial charge in [-0.2, -0.15) is 0 Å². The normalized spacial score (nSPS) is 17.3. The molecule has 2 heterocycles. The number of benzene rings is 2. The van der Waals surface area contributed by atoms with Crippen LogP contribution in [0.15, 0.2) is 35.6 Å². The van der Waals surface area contributed by atoms with Crippen LogP contribution in [-0.2, 0) is 0 Å². The Labute approximate surface area is 149 Å². The molecule has 0 unspecified atom stereocenters. The van der Waals surface area contributed by atoms with Crippen LogP contribution in [0.5, 0.6) is 0 Å². The molecule has 2 aromatic carbocycles. The van der Waals surface area contributed by atoms with Gasteiger partial charge < -0.3 is 15.5 Å². The number of anilines is 1. The summed E-state index contributed by atoms with van der Waals surface area (Å²) in [5.74, 6) is -1.39. The molecule has 3 aromatic rings. The summed E-state index contributed by atoms with van der Waals surface area (Å²) in [6.07, 6.45) is 2.14. The third-order valence-electron chi connectivity index (χ3n) is 4.90. The molecule has 0 saturated heterocycles. The average Bonchev–Trinajstić information content (AvgIpc) is 2.95. The SMILES string of the molecule is Cc1c[nH]c2c(-c3c(F)cc4c(c3F)/C(=N/O)CC(C)(C)N4)cccc12. The zero-order valence-corrected chi connectivity index (χ0v) is 14.7. The van der Waals surface area contributed by atoms with Crippen LogP contribution in [0.1, 0.15) is 31.4 Å². The molecule has 6 heteroatoms. The predicted octanol–water partition coefficient (Wildman–Crippen LogP) is 5.19. The van der Waals surface area contributed by atoms with Crippen LogP contribution in [0.2, 0.25) is 0 Å². The fourth-order valence-corrected chi connectivity index (χ4v) is 3.75. The molecule has 0 atom stereocenters. The van der Waals surface area contributed by atoms with Crippen molar-refractivity contribution in [2.75, 3.05) is 5.32 Å². The first-order valence-electron chi connectivity index (χ1n) is 8.41. The van der Waals surface area contributed by atoms with E-state index in [1.165, 1.54) is 6.07 Å². The lowest BCUT2D eigenvalue weighted by Gasteiger charge is -2.34. The number of H-pyrrole nitrogens is 1. The molecule has 1 aliphatic heterocycles. The Kier molecular flexibility index (Phi) is 3.54. The Morgan fingerprint density at radius 1 is 1.19 bits per heavy atom. The van der Waals surface area contributed by atoms with Crippen molar-refractivity contribution in [3.8, 4) is 11.1 Å². The zero-order valence-electron chi connectivity index (χ0n) is 14.7. The Morgan fingerprint density at radius 3 is 2.69 bits per heavy atom. The maximum atomic E-state index is 15.4. The van der Waals surface area contributed by atoms with E-state index < -0.39 is 17.2 Å². The summed E-state index contributed by atoms with van der Waals surface area (Å²) in [4.78, 5) is 3.10. The number of rotatable bonds is 1. The summed E-state index contributed by atoms with van der Waals surface area (Å²) in [5, 5.41) is 16.7. The zero-order chi connectivity index (χ0) is 18.6. The molecular formula is C20H19F2N3O. The number of aromatic nitrogens is 1. The number of fused-ring (bicyclic) bond motifs is 2. The number of halogens is 2. The molecule has 0 aliphatic carbocycles. The van der Waals surface area contributed by atoms with Crippen molar-refractivity contribution in [3.05, 3.63) is 53.2 Å². The first-order chi connectivity index (χ1) is 12.3. The number of para-hydroxylation sites is 1. The number of aryl methyl sites for hydroxylation is 1. The van der Waals surface area contributed by atoms with Crippen LogP contribution in [0.25, 0.3) is 22.0 Å². The van der Waals surface area contributed by atoms with Crippen molar-refractivity contribution in [1.29, 1.82) is 0 Å². The molecule has 0 fully saturated rings. The van der Waals surface area contributed by atoms with Gasteiger partial charge in [-0.15, -0.1) is 0 Å². The second-order valence-electron chi connectivity index (χ2n) is 7.40. The summed E-state index contributed by atoms with van der Waals surface area (Å²) < 4.78 is 30.4. The molecule has 4 nitrogen and oxygen atoms in total. The van der Waals surface area contributed by atoms with Crippen molar-refractivity contribution in [2.45, 2.75) is 32.7 Å². The maximum Gasteiger partial charge on any atom is 0.145 e. The van der Waals surface area contributed by atoms with Gasteiger partial charge >= 0.3 is 0 Å². The third kappa shape index (κ3) is 2.36. The van der Waals surface area contributed by atoms with E-state index in [-0.39, 0.29) is 16.8 Å². The van der Waals surface area contributed by atoms with Crippen LogP contribution in [0, 0.1) is 18.6 Å². The minimum atomic E-state index is -0.726. The quantitative estimate of drug-likeness (QED) is 0.415. The second-order valence-corrected chi connectivity index (χ2v) is 7.40. The highest BCUT2D eigenvalue weighted by atomic mass is 19.1. The van der Waals surface area contributed by atoms with Gasteiger partial charge in [-0.3, -0.25) is 0 Å². The number of oxime groups is 1. The van der Waals surface area contributed by atoms with Crippen LogP contribution < -0.4 is 5.32 Å². The third-order valence-corrected chi connectivity index (χ3v) is 4.90. The number of nitrogens with zero attached hydrogens (tertiary/aromatic N) is 1. The highest BCUT2D eigenvalue weighted by Crippen LogP contribution is 2.40. The molecule has 0 bridgehead atoms. The summed E-state index contributed by atoms with van der Waals surface area (Å²) in [5.41, 5.74) is 2.14. The van der Waals surface area contributed by atoms with Gasteiger partial charge in [-0.25, -0.2) is 8.78 Å². The fourth-order valence-electron chi connectivity index (χ4n) is 3.75. The van der Waals surface area contributed by atoms with Gasteiger partial charge in [0, 0.05) is 34.8 Å². The van der Waals surface area contributed by atoms with Crippen LogP contribution >= 0.6 is 0 Å². The van der Waals surface area contributed by atoms with Crippen LogP contribution in [0.4, 0.5) is 14.5 Å². The first-order valence-corrected chi connectivity index (χ1v) is 8.41. The Morgan fingerprint density at radius 2 is 1.96 bits per heavy atom. The Bertz CT molecular complexity index is 1070. The molecule has 26 heavy (non-hydrogen) atoms. The van der Waals surface area contributed by atoms with E-state index in [2.05, 4.69) is 15.5 Å². The van der Waals surface area contributed by atoms with Gasteiger partial charge in [0.25, 0.3) is 0 Å². The molecular weight excluding hydrogens is 336 g/mol. The molecule has 3 N–H and O–H groups in total. The lowest BCUT2D eigenvalue weighted by Crippen LogP contribution is -2.39. The number of nitrogens with one attached hydrogen (secondary N) is 2. The molecule has 0 amide bonds. The van der Waals surface area contributed by atoms with E-state index in [1.54, 1.807) is 12.1 Å². The standard InChI is InChI=1S/C20H19F2N3O/c1-10-9-23-19-11(10)5-4-6-12(19)16-13(21)7-14-17(18(16)22)15(25-26)8-20(2,3)24-14/h4-7,9,23-24,26H,8H2,1-3H3/b25-15+. The van der Waals surface area contributed by atoms with Crippen molar-refractivity contribution < 1.29 is 14.0 Å². The summed E-state index contributed by atoms with van der Waals surface area (Å²) >= 11 is 0. The number of aromatic amines is 1. The summed E-state index contributed by atoms with van der Waals surface area (Å²) in [6, 6.07) is 6.64. The van der Waals surface area contributed by atoms with Gasteiger partial charge in [0.15, 0.2) is 0 Å². The molecule has 1 aliphatic rings. The van der Waals surface area contributed by atoms with Gasteiger partial charge in [0.05, 0.1) is 22.4 Å².